The number of rotatable bonds is 2. The molecule has 0 aliphatic carbocycles. The first-order valence-corrected chi connectivity index (χ1v) is 3.60. The van der Waals surface area contributed by atoms with E-state index in [-0.39, 0.29) is 5.54 Å². The maximum absolute atomic E-state index is 5.30. The molecule has 0 radical (unpaired) electrons. The Bertz CT molecular complexity index is 151. The van der Waals surface area contributed by atoms with Crippen LogP contribution in [0, 0.1) is 12.3 Å². The predicted molar refractivity (Wildman–Crippen MR) is 42.7 cm³/mol. The summed E-state index contributed by atoms with van der Waals surface area (Å²) in [6.45, 7) is 6.13. The molecule has 2 heteroatoms. The first-order valence-electron chi connectivity index (χ1n) is 3.60. The zero-order valence-electron chi connectivity index (χ0n) is 6.57. The van der Waals surface area contributed by atoms with Gasteiger partial charge < -0.3 is 5.32 Å². The van der Waals surface area contributed by atoms with Crippen LogP contribution in [0.5, 0.6) is 0 Å². The Morgan fingerprint density at radius 2 is 2.20 bits per heavy atom. The van der Waals surface area contributed by atoms with E-state index in [9.17, 15) is 0 Å². The molecule has 0 amide bonds. The summed E-state index contributed by atoms with van der Waals surface area (Å²) in [5, 5.41) is 6.52. The average Bonchev–Trinajstić information content (AvgIpc) is 1.80. The van der Waals surface area contributed by atoms with Crippen molar-refractivity contribution >= 4 is 0 Å². The van der Waals surface area contributed by atoms with Crippen LogP contribution in [0.15, 0.2) is 0 Å². The Kier molecular flexibility index (Phi) is 1.98. The van der Waals surface area contributed by atoms with Crippen molar-refractivity contribution in [1.29, 1.82) is 0 Å². The highest BCUT2D eigenvalue weighted by atomic mass is 15.1. The van der Waals surface area contributed by atoms with Crippen molar-refractivity contribution < 1.29 is 0 Å². The molecule has 1 rings (SSSR count). The summed E-state index contributed by atoms with van der Waals surface area (Å²) in [7, 11) is 0. The smallest absolute Gasteiger partial charge is 0.0744 e. The van der Waals surface area contributed by atoms with Crippen molar-refractivity contribution in [2.24, 2.45) is 0 Å². The second kappa shape index (κ2) is 2.61. The molecule has 2 nitrogen and oxygen atoms in total. The fourth-order valence-corrected chi connectivity index (χ4v) is 0.943. The monoisotopic (exact) mass is 138 g/mol. The molecule has 0 unspecified atom stereocenters. The Hall–Kier alpha value is -0.520. The Balaban J connectivity index is 2.30. The first-order chi connectivity index (χ1) is 4.64. The normalized spacial score (nSPS) is 19.7. The van der Waals surface area contributed by atoms with Gasteiger partial charge in [-0.25, -0.2) is 0 Å². The number of hydrogen-bond acceptors (Lipinski definition) is 2. The van der Waals surface area contributed by atoms with Gasteiger partial charge in [-0.05, 0) is 13.8 Å². The van der Waals surface area contributed by atoms with E-state index in [4.69, 9.17) is 6.42 Å². The van der Waals surface area contributed by atoms with Crippen molar-refractivity contribution in [3.05, 3.63) is 0 Å². The summed E-state index contributed by atoms with van der Waals surface area (Å²) in [6, 6.07) is 0.575. The molecule has 0 aromatic rings. The molecule has 56 valence electrons. The summed E-state index contributed by atoms with van der Waals surface area (Å²) >= 11 is 0. The van der Waals surface area contributed by atoms with E-state index in [2.05, 4.69) is 16.6 Å². The maximum atomic E-state index is 5.30. The van der Waals surface area contributed by atoms with Crippen LogP contribution >= 0.6 is 0 Å². The summed E-state index contributed by atoms with van der Waals surface area (Å²) in [5.41, 5.74) is -0.146. The Morgan fingerprint density at radius 3 is 2.50 bits per heavy atom. The van der Waals surface area contributed by atoms with Gasteiger partial charge in [-0.15, -0.1) is 6.42 Å². The molecule has 0 atom stereocenters. The lowest BCUT2D eigenvalue weighted by Crippen LogP contribution is -2.60. The maximum Gasteiger partial charge on any atom is 0.0744 e. The Morgan fingerprint density at radius 1 is 1.60 bits per heavy atom. The minimum absolute atomic E-state index is 0.146. The van der Waals surface area contributed by atoms with Gasteiger partial charge in [-0.1, -0.05) is 5.92 Å². The standard InChI is InChI=1S/C8H14N2/c1-4-8(2,3)10-7-5-9-6-7/h1,7,9-10H,5-6H2,2-3H3. The number of nitrogens with one attached hydrogen (secondary N) is 2. The predicted octanol–water partition coefficient (Wildman–Crippen LogP) is -0.0404. The molecule has 1 aliphatic heterocycles. The third-order valence-corrected chi connectivity index (χ3v) is 1.71. The summed E-state index contributed by atoms with van der Waals surface area (Å²) in [6.07, 6.45) is 5.30. The van der Waals surface area contributed by atoms with Crippen LogP contribution in [0.2, 0.25) is 0 Å². The molecule has 0 spiro atoms. The molecular weight excluding hydrogens is 124 g/mol. The molecule has 1 fully saturated rings. The third-order valence-electron chi connectivity index (χ3n) is 1.71. The number of terminal acetylenes is 1. The van der Waals surface area contributed by atoms with Gasteiger partial charge in [0, 0.05) is 19.1 Å². The molecule has 0 aromatic carbocycles. The van der Waals surface area contributed by atoms with E-state index in [1.807, 2.05) is 13.8 Å². The molecule has 1 aliphatic rings. The fourth-order valence-electron chi connectivity index (χ4n) is 0.943. The van der Waals surface area contributed by atoms with E-state index >= 15 is 0 Å². The quantitative estimate of drug-likeness (QED) is 0.523. The highest BCUT2D eigenvalue weighted by Crippen LogP contribution is 2.03. The van der Waals surface area contributed by atoms with Crippen molar-refractivity contribution in [1.82, 2.24) is 10.6 Å². The highest BCUT2D eigenvalue weighted by molar-refractivity contribution is 5.09. The van der Waals surface area contributed by atoms with Crippen molar-refractivity contribution in [2.45, 2.75) is 25.4 Å². The molecule has 1 saturated heterocycles. The average molecular weight is 138 g/mol. The van der Waals surface area contributed by atoms with Gasteiger partial charge in [-0.3, -0.25) is 5.32 Å². The largest absolute Gasteiger partial charge is 0.314 e. The molecule has 0 saturated carbocycles. The summed E-state index contributed by atoms with van der Waals surface area (Å²) in [5.74, 6) is 2.70. The lowest BCUT2D eigenvalue weighted by molar-refractivity contribution is 0.312. The van der Waals surface area contributed by atoms with E-state index in [1.54, 1.807) is 0 Å². The first kappa shape index (κ1) is 7.59. The van der Waals surface area contributed by atoms with E-state index < -0.39 is 0 Å². The minimum Gasteiger partial charge on any atom is -0.314 e. The van der Waals surface area contributed by atoms with Crippen molar-refractivity contribution in [3.8, 4) is 12.3 Å². The van der Waals surface area contributed by atoms with Gasteiger partial charge in [0.25, 0.3) is 0 Å². The van der Waals surface area contributed by atoms with Gasteiger partial charge in [0.2, 0.25) is 0 Å². The SMILES string of the molecule is C#CC(C)(C)NC1CNC1. The molecule has 1 heterocycles. The molecule has 0 bridgehead atoms. The van der Waals surface area contributed by atoms with Crippen LogP contribution in [0.3, 0.4) is 0 Å². The second-order valence-corrected chi connectivity index (χ2v) is 3.27. The van der Waals surface area contributed by atoms with Crippen LogP contribution in [0.25, 0.3) is 0 Å². The molecular formula is C8H14N2. The van der Waals surface area contributed by atoms with Gasteiger partial charge >= 0.3 is 0 Å². The zero-order chi connectivity index (χ0) is 7.61. The summed E-state index contributed by atoms with van der Waals surface area (Å²) < 4.78 is 0. The van der Waals surface area contributed by atoms with Gasteiger partial charge in [0.05, 0.1) is 5.54 Å². The van der Waals surface area contributed by atoms with Crippen LogP contribution in [0.4, 0.5) is 0 Å². The van der Waals surface area contributed by atoms with Crippen molar-refractivity contribution in [3.63, 3.8) is 0 Å². The van der Waals surface area contributed by atoms with Crippen molar-refractivity contribution in [2.75, 3.05) is 13.1 Å². The zero-order valence-corrected chi connectivity index (χ0v) is 6.57. The van der Waals surface area contributed by atoms with Crippen LogP contribution < -0.4 is 10.6 Å². The second-order valence-electron chi connectivity index (χ2n) is 3.27. The fraction of sp³-hybridized carbons (Fsp3) is 0.750. The van der Waals surface area contributed by atoms with Crippen LogP contribution in [-0.4, -0.2) is 24.7 Å². The van der Waals surface area contributed by atoms with Crippen LogP contribution in [-0.2, 0) is 0 Å². The van der Waals surface area contributed by atoms with E-state index in [0.29, 0.717) is 6.04 Å². The lowest BCUT2D eigenvalue weighted by atomic mass is 10.0. The molecule has 10 heavy (non-hydrogen) atoms. The molecule has 2 N–H and O–H groups in total. The van der Waals surface area contributed by atoms with Crippen LogP contribution in [0.1, 0.15) is 13.8 Å². The lowest BCUT2D eigenvalue weighted by Gasteiger charge is -2.34. The van der Waals surface area contributed by atoms with Gasteiger partial charge in [0.1, 0.15) is 0 Å². The highest BCUT2D eigenvalue weighted by Gasteiger charge is 2.23. The topological polar surface area (TPSA) is 24.1 Å². The molecule has 0 aromatic heterocycles. The van der Waals surface area contributed by atoms with Gasteiger partial charge in [-0.2, -0.15) is 0 Å². The van der Waals surface area contributed by atoms with Gasteiger partial charge in [0.15, 0.2) is 0 Å². The third kappa shape index (κ3) is 1.73. The van der Waals surface area contributed by atoms with E-state index in [1.165, 1.54) is 0 Å². The van der Waals surface area contributed by atoms with E-state index in [0.717, 1.165) is 13.1 Å². The number of hydrogen-bond donors (Lipinski definition) is 2. The Labute approximate surface area is 62.4 Å². The summed E-state index contributed by atoms with van der Waals surface area (Å²) in [4.78, 5) is 0. The minimum atomic E-state index is -0.146.